The van der Waals surface area contributed by atoms with Crippen LogP contribution in [-0.2, 0) is 19.2 Å². The van der Waals surface area contributed by atoms with Gasteiger partial charge in [-0.15, -0.1) is 0 Å². The van der Waals surface area contributed by atoms with Crippen LogP contribution in [0.3, 0.4) is 0 Å². The molecule has 52 heavy (non-hydrogen) atoms. The molecule has 0 aliphatic heterocycles. The molecule has 0 aliphatic rings. The zero-order valence-electron chi connectivity index (χ0n) is 32.4. The monoisotopic (exact) mass is 755 g/mol. The molecule has 312 valence electrons. The van der Waals surface area contributed by atoms with E-state index in [-0.39, 0.29) is 0 Å². The van der Waals surface area contributed by atoms with Crippen LogP contribution in [0.4, 0.5) is 0 Å². The van der Waals surface area contributed by atoms with Crippen LogP contribution in [0.1, 0.15) is 149 Å². The summed E-state index contributed by atoms with van der Waals surface area (Å²) in [6.45, 7) is 7.00. The molecule has 16 heteroatoms. The van der Waals surface area contributed by atoms with Gasteiger partial charge in [0.1, 0.15) is 24.2 Å². The van der Waals surface area contributed by atoms with Crippen molar-refractivity contribution in [3.63, 3.8) is 0 Å². The van der Waals surface area contributed by atoms with Gasteiger partial charge < -0.3 is 64.6 Å². The fourth-order valence-corrected chi connectivity index (χ4v) is 4.45. The largest absolute Gasteiger partial charge is 0.480 e. The summed E-state index contributed by atoms with van der Waals surface area (Å²) in [5.74, 6) is -4.02. The van der Waals surface area contributed by atoms with Crippen molar-refractivity contribution < 1.29 is 49.8 Å². The van der Waals surface area contributed by atoms with Crippen molar-refractivity contribution >= 4 is 23.9 Å². The first-order valence-electron chi connectivity index (χ1n) is 19.2. The van der Waals surface area contributed by atoms with Crippen LogP contribution in [0.2, 0.25) is 0 Å². The molecular weight excluding hydrogens is 676 g/mol. The quantitative estimate of drug-likeness (QED) is 0.0469. The molecule has 0 rings (SSSR count). The molecule has 0 bridgehead atoms. The Labute approximate surface area is 312 Å². The van der Waals surface area contributed by atoms with Gasteiger partial charge in [-0.25, -0.2) is 0 Å². The molecule has 0 saturated carbocycles. The van der Waals surface area contributed by atoms with E-state index in [1.54, 1.807) is 0 Å². The first-order valence-corrected chi connectivity index (χ1v) is 19.2. The second-order valence-corrected chi connectivity index (χ2v) is 13.2. The molecule has 0 heterocycles. The predicted octanol–water partition coefficient (Wildman–Crippen LogP) is 2.73. The van der Waals surface area contributed by atoms with Crippen molar-refractivity contribution in [2.45, 2.75) is 186 Å². The Bertz CT molecular complexity index is 815. The summed E-state index contributed by atoms with van der Waals surface area (Å²) >= 11 is 0. The summed E-state index contributed by atoms with van der Waals surface area (Å²) in [5, 5.41) is 53.8. The van der Waals surface area contributed by atoms with E-state index in [1.165, 1.54) is 97.3 Å². The SMILES string of the molecule is CC(O)C(N)C(=O)O.CC(O)C(N)C(=O)O.CCCCCCCCCCCCCCCCNC(CCCCN)C(=O)O.NCCCCC(N)C(=O)O. The van der Waals surface area contributed by atoms with Crippen LogP contribution in [0.15, 0.2) is 0 Å². The maximum atomic E-state index is 11.2. The number of hydrogen-bond donors (Lipinski definition) is 12. The lowest BCUT2D eigenvalue weighted by Crippen LogP contribution is -2.39. The van der Waals surface area contributed by atoms with E-state index in [9.17, 15) is 24.3 Å². The van der Waals surface area contributed by atoms with Gasteiger partial charge in [0, 0.05) is 0 Å². The van der Waals surface area contributed by atoms with E-state index in [4.69, 9.17) is 54.2 Å². The number of nitrogens with two attached hydrogens (primary N) is 5. The number of rotatable bonds is 30. The molecule has 0 radical (unpaired) electrons. The average Bonchev–Trinajstić information content (AvgIpc) is 3.08. The second kappa shape index (κ2) is 41.3. The van der Waals surface area contributed by atoms with Gasteiger partial charge in [0.15, 0.2) is 0 Å². The zero-order valence-corrected chi connectivity index (χ0v) is 32.4. The second-order valence-electron chi connectivity index (χ2n) is 13.2. The number of hydrogen-bond acceptors (Lipinski definition) is 12. The third-order valence-electron chi connectivity index (χ3n) is 8.06. The van der Waals surface area contributed by atoms with Gasteiger partial charge in [0.2, 0.25) is 0 Å². The highest BCUT2D eigenvalue weighted by atomic mass is 16.4. The summed E-state index contributed by atoms with van der Waals surface area (Å²) in [6, 6.07) is -3.43. The van der Waals surface area contributed by atoms with Crippen molar-refractivity contribution in [1.82, 2.24) is 5.32 Å². The van der Waals surface area contributed by atoms with Crippen LogP contribution in [0, 0.1) is 0 Å². The Kier molecular flexibility index (Phi) is 44.7. The number of carbonyl (C=O) groups is 4. The van der Waals surface area contributed by atoms with E-state index in [2.05, 4.69) is 12.2 Å². The highest BCUT2D eigenvalue weighted by Crippen LogP contribution is 2.13. The number of carboxylic acid groups (broad SMARTS) is 4. The molecule has 17 N–H and O–H groups in total. The van der Waals surface area contributed by atoms with E-state index in [0.29, 0.717) is 25.9 Å². The highest BCUT2D eigenvalue weighted by molar-refractivity contribution is 5.74. The van der Waals surface area contributed by atoms with Crippen LogP contribution < -0.4 is 34.0 Å². The average molecular weight is 755 g/mol. The zero-order chi connectivity index (χ0) is 40.7. The molecular formula is C36H78N6O10. The Hall–Kier alpha value is -2.44. The minimum atomic E-state index is -1.18. The van der Waals surface area contributed by atoms with Gasteiger partial charge in [-0.3, -0.25) is 19.2 Å². The van der Waals surface area contributed by atoms with Gasteiger partial charge in [0.25, 0.3) is 0 Å². The Morgan fingerprint density at radius 2 is 0.846 bits per heavy atom. The van der Waals surface area contributed by atoms with Gasteiger partial charge in [-0.05, 0) is 65.6 Å². The molecule has 0 aromatic carbocycles. The lowest BCUT2D eigenvalue weighted by atomic mass is 10.0. The number of nitrogens with one attached hydrogen (secondary N) is 1. The summed E-state index contributed by atoms with van der Waals surface area (Å²) in [5.41, 5.74) is 25.7. The molecule has 0 spiro atoms. The molecule has 0 aliphatic carbocycles. The summed E-state index contributed by atoms with van der Waals surface area (Å²) in [4.78, 5) is 41.0. The summed E-state index contributed by atoms with van der Waals surface area (Å²) < 4.78 is 0. The summed E-state index contributed by atoms with van der Waals surface area (Å²) in [6.07, 6.45) is 21.6. The lowest BCUT2D eigenvalue weighted by Gasteiger charge is -2.14. The van der Waals surface area contributed by atoms with Gasteiger partial charge >= 0.3 is 23.9 Å². The van der Waals surface area contributed by atoms with Crippen LogP contribution in [0.5, 0.6) is 0 Å². The van der Waals surface area contributed by atoms with Gasteiger partial charge in [-0.1, -0.05) is 103 Å². The van der Waals surface area contributed by atoms with Crippen molar-refractivity contribution in [2.75, 3.05) is 19.6 Å². The maximum Gasteiger partial charge on any atom is 0.323 e. The normalized spacial score (nSPS) is 14.0. The fraction of sp³-hybridized carbons (Fsp3) is 0.889. The van der Waals surface area contributed by atoms with Crippen molar-refractivity contribution in [1.29, 1.82) is 0 Å². The maximum absolute atomic E-state index is 11.2. The summed E-state index contributed by atoms with van der Waals surface area (Å²) in [7, 11) is 0. The topological polar surface area (TPSA) is 332 Å². The van der Waals surface area contributed by atoms with E-state index in [1.807, 2.05) is 0 Å². The minimum Gasteiger partial charge on any atom is -0.480 e. The first kappa shape index (κ1) is 56.3. The van der Waals surface area contributed by atoms with E-state index in [0.717, 1.165) is 38.6 Å². The number of carboxylic acids is 4. The van der Waals surface area contributed by atoms with Gasteiger partial charge in [-0.2, -0.15) is 0 Å². The number of aliphatic hydroxyl groups excluding tert-OH is 2. The molecule has 6 unspecified atom stereocenters. The lowest BCUT2D eigenvalue weighted by molar-refractivity contribution is -0.141. The Balaban J connectivity index is -0.000000359. The minimum absolute atomic E-state index is 0.400. The molecule has 0 aromatic heterocycles. The van der Waals surface area contributed by atoms with E-state index < -0.39 is 60.3 Å². The third-order valence-corrected chi connectivity index (χ3v) is 8.06. The van der Waals surface area contributed by atoms with Crippen LogP contribution >= 0.6 is 0 Å². The first-order chi connectivity index (χ1) is 24.5. The Morgan fingerprint density at radius 1 is 0.500 bits per heavy atom. The van der Waals surface area contributed by atoms with E-state index >= 15 is 0 Å². The van der Waals surface area contributed by atoms with Gasteiger partial charge in [0.05, 0.1) is 12.2 Å². The number of aliphatic hydroxyl groups is 2. The van der Waals surface area contributed by atoms with Crippen molar-refractivity contribution in [2.24, 2.45) is 28.7 Å². The molecule has 0 aromatic rings. The Morgan fingerprint density at radius 3 is 1.12 bits per heavy atom. The van der Waals surface area contributed by atoms with Crippen LogP contribution in [-0.4, -0.2) is 111 Å². The standard InChI is InChI=1S/C22H46N2O2.C6H14N2O2.2C4H9NO3/c1-2-3-4-5-6-7-8-9-10-11-12-13-14-17-20-24-21(22(25)26)18-15-16-19-23;7-4-2-1-3-5(8)6(9)10;2*1-2(6)3(5)4(7)8/h21,24H,2-20,23H2,1H3,(H,25,26);5H,1-4,7-8H2,(H,9,10);2*2-3,6H,5H2,1H3,(H,7,8). The molecule has 0 amide bonds. The smallest absolute Gasteiger partial charge is 0.323 e. The van der Waals surface area contributed by atoms with Crippen LogP contribution in [0.25, 0.3) is 0 Å². The van der Waals surface area contributed by atoms with Crippen molar-refractivity contribution in [3.05, 3.63) is 0 Å². The third kappa shape index (κ3) is 43.7. The molecule has 0 saturated heterocycles. The fourth-order valence-electron chi connectivity index (χ4n) is 4.45. The number of unbranched alkanes of at least 4 members (excludes halogenated alkanes) is 15. The number of aliphatic carboxylic acids is 4. The predicted molar refractivity (Wildman–Crippen MR) is 206 cm³/mol. The molecule has 16 nitrogen and oxygen atoms in total. The highest BCUT2D eigenvalue weighted by Gasteiger charge is 2.17. The molecule has 6 atom stereocenters. The van der Waals surface area contributed by atoms with Crippen molar-refractivity contribution in [3.8, 4) is 0 Å². The molecule has 0 fully saturated rings.